The van der Waals surface area contributed by atoms with Gasteiger partial charge in [0.05, 0.1) is 19.4 Å². The first-order chi connectivity index (χ1) is 15.2. The van der Waals surface area contributed by atoms with Crippen LogP contribution in [0.3, 0.4) is 0 Å². The monoisotopic (exact) mass is 417 g/mol. The lowest BCUT2D eigenvalue weighted by molar-refractivity contribution is 0.0656. The number of nitrogens with zero attached hydrogens (tertiary/aromatic N) is 3. The number of ether oxygens (including phenoxy) is 1. The highest BCUT2D eigenvalue weighted by atomic mass is 16.5. The first-order valence-electron chi connectivity index (χ1n) is 10.0. The molecule has 2 heterocycles. The number of benzene rings is 2. The molecule has 31 heavy (non-hydrogen) atoms. The van der Waals surface area contributed by atoms with Crippen molar-refractivity contribution in [3.05, 3.63) is 90.2 Å². The standard InChI is InChI=1S/C24H23N3O4/c1-17(18-7-4-3-5-8-18)27(24(28)21-9-6-16-30-21)15-14-22-25-23(26-31-22)19-10-12-20(29-2)13-11-19/h3-13,16-17H,14-15H2,1-2H3. The average molecular weight is 417 g/mol. The van der Waals surface area contributed by atoms with E-state index in [1.165, 1.54) is 6.26 Å². The molecule has 0 saturated carbocycles. The SMILES string of the molecule is COc1ccc(-c2noc(CCN(C(=O)c3ccco3)C(C)c3ccccc3)n2)cc1. The van der Waals surface area contributed by atoms with Gasteiger partial charge in [0.2, 0.25) is 11.7 Å². The molecular weight excluding hydrogens is 394 g/mol. The molecule has 158 valence electrons. The van der Waals surface area contributed by atoms with Gasteiger partial charge in [-0.05, 0) is 48.9 Å². The zero-order chi connectivity index (χ0) is 21.6. The lowest BCUT2D eigenvalue weighted by Gasteiger charge is -2.28. The molecule has 4 rings (SSSR count). The summed E-state index contributed by atoms with van der Waals surface area (Å²) < 4.78 is 15.9. The maximum atomic E-state index is 13.1. The molecule has 0 radical (unpaired) electrons. The first kappa shape index (κ1) is 20.4. The van der Waals surface area contributed by atoms with Gasteiger partial charge in [0.15, 0.2) is 5.76 Å². The molecule has 0 saturated heterocycles. The van der Waals surface area contributed by atoms with Crippen LogP contribution in [0, 0.1) is 0 Å². The number of aromatic nitrogens is 2. The van der Waals surface area contributed by atoms with Crippen LogP contribution in [-0.4, -0.2) is 34.6 Å². The minimum absolute atomic E-state index is 0.150. The maximum absolute atomic E-state index is 13.1. The molecule has 1 atom stereocenters. The fourth-order valence-corrected chi connectivity index (χ4v) is 3.35. The van der Waals surface area contributed by atoms with E-state index in [0.717, 1.165) is 16.9 Å². The van der Waals surface area contributed by atoms with E-state index in [1.54, 1.807) is 24.1 Å². The van der Waals surface area contributed by atoms with Gasteiger partial charge in [-0.1, -0.05) is 35.5 Å². The fourth-order valence-electron chi connectivity index (χ4n) is 3.35. The molecule has 0 aliphatic heterocycles. The highest BCUT2D eigenvalue weighted by Crippen LogP contribution is 2.24. The van der Waals surface area contributed by atoms with Gasteiger partial charge >= 0.3 is 0 Å². The van der Waals surface area contributed by atoms with Gasteiger partial charge in [0, 0.05) is 18.5 Å². The van der Waals surface area contributed by atoms with Crippen molar-refractivity contribution in [1.82, 2.24) is 15.0 Å². The van der Waals surface area contributed by atoms with Gasteiger partial charge in [-0.25, -0.2) is 0 Å². The Morgan fingerprint density at radius 2 is 1.84 bits per heavy atom. The minimum Gasteiger partial charge on any atom is -0.497 e. The predicted molar refractivity (Wildman–Crippen MR) is 115 cm³/mol. The molecular formula is C24H23N3O4. The zero-order valence-electron chi connectivity index (χ0n) is 17.4. The van der Waals surface area contributed by atoms with E-state index >= 15 is 0 Å². The molecule has 4 aromatic rings. The van der Waals surface area contributed by atoms with Gasteiger partial charge in [-0.3, -0.25) is 4.79 Å². The molecule has 0 spiro atoms. The summed E-state index contributed by atoms with van der Waals surface area (Å²) in [6.45, 7) is 2.40. The Morgan fingerprint density at radius 3 is 2.52 bits per heavy atom. The molecule has 7 heteroatoms. The van der Waals surface area contributed by atoms with Crippen LogP contribution >= 0.6 is 0 Å². The highest BCUT2D eigenvalue weighted by Gasteiger charge is 2.25. The van der Waals surface area contributed by atoms with Gasteiger partial charge in [-0.2, -0.15) is 4.98 Å². The molecule has 0 aliphatic carbocycles. The molecule has 0 bridgehead atoms. The second-order valence-electron chi connectivity index (χ2n) is 7.05. The summed E-state index contributed by atoms with van der Waals surface area (Å²) in [5.74, 6) is 1.83. The van der Waals surface area contributed by atoms with Crippen molar-refractivity contribution in [3.63, 3.8) is 0 Å². The Kier molecular flexibility index (Phi) is 6.12. The van der Waals surface area contributed by atoms with Gasteiger partial charge in [0.25, 0.3) is 5.91 Å². The number of furan rings is 1. The van der Waals surface area contributed by atoms with Crippen LogP contribution in [-0.2, 0) is 6.42 Å². The van der Waals surface area contributed by atoms with E-state index in [2.05, 4.69) is 10.1 Å². The van der Waals surface area contributed by atoms with Gasteiger partial charge < -0.3 is 18.6 Å². The average Bonchev–Trinajstić information content (AvgIpc) is 3.52. The van der Waals surface area contributed by atoms with Gasteiger partial charge in [0.1, 0.15) is 5.75 Å². The van der Waals surface area contributed by atoms with E-state index < -0.39 is 0 Å². The number of carbonyl (C=O) groups excluding carboxylic acids is 1. The summed E-state index contributed by atoms with van der Waals surface area (Å²) in [6.07, 6.45) is 1.92. The summed E-state index contributed by atoms with van der Waals surface area (Å²) in [6, 6.07) is 20.5. The summed E-state index contributed by atoms with van der Waals surface area (Å²) in [4.78, 5) is 19.3. The molecule has 2 aromatic carbocycles. The number of hydrogen-bond acceptors (Lipinski definition) is 6. The van der Waals surface area contributed by atoms with E-state index in [9.17, 15) is 4.79 Å². The molecule has 0 fully saturated rings. The van der Waals surface area contributed by atoms with Crippen molar-refractivity contribution in [3.8, 4) is 17.1 Å². The summed E-state index contributed by atoms with van der Waals surface area (Å²) in [5, 5.41) is 4.07. The van der Waals surface area contributed by atoms with Crippen LogP contribution in [0.15, 0.2) is 81.9 Å². The van der Waals surface area contributed by atoms with Crippen molar-refractivity contribution in [2.45, 2.75) is 19.4 Å². The van der Waals surface area contributed by atoms with E-state index in [4.69, 9.17) is 13.7 Å². The largest absolute Gasteiger partial charge is 0.497 e. The molecule has 2 aromatic heterocycles. The van der Waals surface area contributed by atoms with E-state index in [1.807, 2.05) is 61.5 Å². The van der Waals surface area contributed by atoms with Crippen LogP contribution in [0.1, 0.15) is 35.0 Å². The van der Waals surface area contributed by atoms with Crippen LogP contribution in [0.25, 0.3) is 11.4 Å². The molecule has 1 amide bonds. The van der Waals surface area contributed by atoms with Crippen LogP contribution in [0.5, 0.6) is 5.75 Å². The molecule has 1 unspecified atom stereocenters. The Balaban J connectivity index is 1.51. The third-order valence-corrected chi connectivity index (χ3v) is 5.13. The smallest absolute Gasteiger partial charge is 0.290 e. The Hall–Kier alpha value is -3.87. The number of carbonyl (C=O) groups is 1. The molecule has 0 N–H and O–H groups in total. The van der Waals surface area contributed by atoms with Crippen molar-refractivity contribution >= 4 is 5.91 Å². The Morgan fingerprint density at radius 1 is 1.06 bits per heavy atom. The third kappa shape index (κ3) is 4.66. The maximum Gasteiger partial charge on any atom is 0.290 e. The predicted octanol–water partition coefficient (Wildman–Crippen LogP) is 4.78. The number of rotatable bonds is 8. The first-order valence-corrected chi connectivity index (χ1v) is 10.0. The summed E-state index contributed by atoms with van der Waals surface area (Å²) >= 11 is 0. The van der Waals surface area contributed by atoms with Crippen molar-refractivity contribution in [2.75, 3.05) is 13.7 Å². The van der Waals surface area contributed by atoms with Crippen LogP contribution in [0.4, 0.5) is 0 Å². The van der Waals surface area contributed by atoms with Crippen molar-refractivity contribution in [2.24, 2.45) is 0 Å². The number of hydrogen-bond donors (Lipinski definition) is 0. The van der Waals surface area contributed by atoms with Crippen molar-refractivity contribution < 1.29 is 18.5 Å². The third-order valence-electron chi connectivity index (χ3n) is 5.13. The topological polar surface area (TPSA) is 81.6 Å². The van der Waals surface area contributed by atoms with Crippen LogP contribution < -0.4 is 4.74 Å². The normalized spacial score (nSPS) is 11.8. The second-order valence-corrected chi connectivity index (χ2v) is 7.05. The van der Waals surface area contributed by atoms with E-state index in [0.29, 0.717) is 30.4 Å². The minimum atomic E-state index is -0.184. The quantitative estimate of drug-likeness (QED) is 0.410. The van der Waals surface area contributed by atoms with Crippen molar-refractivity contribution in [1.29, 1.82) is 0 Å². The van der Waals surface area contributed by atoms with Crippen LogP contribution in [0.2, 0.25) is 0 Å². The highest BCUT2D eigenvalue weighted by molar-refractivity contribution is 5.91. The summed E-state index contributed by atoms with van der Waals surface area (Å²) in [5.41, 5.74) is 1.86. The number of amides is 1. The lowest BCUT2D eigenvalue weighted by Crippen LogP contribution is -2.35. The van der Waals surface area contributed by atoms with Gasteiger partial charge in [-0.15, -0.1) is 0 Å². The zero-order valence-corrected chi connectivity index (χ0v) is 17.4. The lowest BCUT2D eigenvalue weighted by atomic mass is 10.1. The number of methoxy groups -OCH3 is 1. The Bertz CT molecular complexity index is 1110. The Labute approximate surface area is 180 Å². The second kappa shape index (κ2) is 9.30. The molecule has 0 aliphatic rings. The fraction of sp³-hybridized carbons (Fsp3) is 0.208. The molecule has 7 nitrogen and oxygen atoms in total. The van der Waals surface area contributed by atoms with E-state index in [-0.39, 0.29) is 11.9 Å². The summed E-state index contributed by atoms with van der Waals surface area (Å²) in [7, 11) is 1.62.